The second-order valence-corrected chi connectivity index (χ2v) is 7.05. The van der Waals surface area contributed by atoms with Crippen LogP contribution in [0.25, 0.3) is 0 Å². The Labute approximate surface area is 109 Å². The van der Waals surface area contributed by atoms with Crippen LogP contribution in [0.5, 0.6) is 0 Å². The summed E-state index contributed by atoms with van der Waals surface area (Å²) in [5.41, 5.74) is 0. The topological polar surface area (TPSA) is 29.1 Å². The molecule has 0 saturated carbocycles. The normalized spacial score (nSPS) is 20.6. The minimum atomic E-state index is 0.169. The molecule has 1 aliphatic heterocycles. The van der Waals surface area contributed by atoms with E-state index >= 15 is 0 Å². The van der Waals surface area contributed by atoms with Crippen molar-refractivity contribution in [2.75, 3.05) is 23.8 Å². The fourth-order valence-electron chi connectivity index (χ4n) is 1.52. The molecule has 16 heavy (non-hydrogen) atoms. The highest BCUT2D eigenvalue weighted by atomic mass is 32.2. The Kier molecular flexibility index (Phi) is 5.06. The van der Waals surface area contributed by atoms with Gasteiger partial charge in [-0.3, -0.25) is 4.79 Å². The highest BCUT2D eigenvalue weighted by Gasteiger charge is 2.21. The number of thiophene rings is 1. The van der Waals surface area contributed by atoms with Crippen LogP contribution in [-0.4, -0.2) is 35.0 Å². The third-order valence-electron chi connectivity index (χ3n) is 2.36. The Bertz CT molecular complexity index is 320. The molecule has 0 aromatic carbocycles. The van der Waals surface area contributed by atoms with E-state index in [1.165, 1.54) is 10.6 Å². The molecule has 2 rings (SSSR count). The Morgan fingerprint density at radius 3 is 3.12 bits per heavy atom. The average molecular weight is 273 g/mol. The van der Waals surface area contributed by atoms with Crippen LogP contribution in [0, 0.1) is 0 Å². The van der Waals surface area contributed by atoms with Crippen LogP contribution < -0.4 is 5.32 Å². The summed E-state index contributed by atoms with van der Waals surface area (Å²) < 4.78 is 0. The van der Waals surface area contributed by atoms with Gasteiger partial charge in [-0.1, -0.05) is 6.07 Å². The predicted molar refractivity (Wildman–Crippen MR) is 74.6 cm³/mol. The Morgan fingerprint density at radius 1 is 1.50 bits per heavy atom. The highest BCUT2D eigenvalue weighted by molar-refractivity contribution is 8.07. The van der Waals surface area contributed by atoms with Crippen molar-refractivity contribution < 1.29 is 4.79 Å². The van der Waals surface area contributed by atoms with E-state index < -0.39 is 0 Å². The van der Waals surface area contributed by atoms with Gasteiger partial charge in [0, 0.05) is 28.7 Å². The lowest BCUT2D eigenvalue weighted by Crippen LogP contribution is -2.37. The van der Waals surface area contributed by atoms with Gasteiger partial charge >= 0.3 is 0 Å². The largest absolute Gasteiger partial charge is 0.355 e. The Balaban J connectivity index is 1.67. The predicted octanol–water partition coefficient (Wildman–Crippen LogP) is 2.26. The van der Waals surface area contributed by atoms with E-state index in [1.807, 2.05) is 11.8 Å². The number of amides is 1. The van der Waals surface area contributed by atoms with Gasteiger partial charge in [-0.2, -0.15) is 11.8 Å². The van der Waals surface area contributed by atoms with Crippen molar-refractivity contribution in [1.82, 2.24) is 5.32 Å². The van der Waals surface area contributed by atoms with Crippen molar-refractivity contribution in [2.24, 2.45) is 0 Å². The van der Waals surface area contributed by atoms with Gasteiger partial charge in [-0.05, 0) is 17.9 Å². The second-order valence-electron chi connectivity index (χ2n) is 3.55. The molecule has 1 unspecified atom stereocenters. The van der Waals surface area contributed by atoms with Gasteiger partial charge in [0.2, 0.25) is 5.91 Å². The lowest BCUT2D eigenvalue weighted by atomic mass is 10.3. The van der Waals surface area contributed by atoms with E-state index in [1.54, 1.807) is 23.1 Å². The van der Waals surface area contributed by atoms with Crippen LogP contribution >= 0.6 is 34.9 Å². The van der Waals surface area contributed by atoms with Crippen LogP contribution in [0.4, 0.5) is 0 Å². The summed E-state index contributed by atoms with van der Waals surface area (Å²) in [7, 11) is 0. The second kappa shape index (κ2) is 6.57. The van der Waals surface area contributed by atoms with Gasteiger partial charge in [0.15, 0.2) is 0 Å². The summed E-state index contributed by atoms with van der Waals surface area (Å²) in [6.45, 7) is 0.765. The van der Waals surface area contributed by atoms with Crippen LogP contribution in [0.3, 0.4) is 0 Å². The van der Waals surface area contributed by atoms with E-state index in [0.29, 0.717) is 0 Å². The van der Waals surface area contributed by atoms with Crippen LogP contribution in [-0.2, 0) is 11.2 Å². The molecular weight excluding hydrogens is 258 g/mol. The van der Waals surface area contributed by atoms with Crippen LogP contribution in [0.15, 0.2) is 17.5 Å². The molecule has 88 valence electrons. The fourth-order valence-corrected chi connectivity index (χ4v) is 4.81. The molecule has 5 heteroatoms. The Morgan fingerprint density at radius 2 is 2.44 bits per heavy atom. The number of rotatable bonds is 4. The van der Waals surface area contributed by atoms with E-state index in [-0.39, 0.29) is 11.2 Å². The van der Waals surface area contributed by atoms with Crippen molar-refractivity contribution in [1.29, 1.82) is 0 Å². The minimum absolute atomic E-state index is 0.169. The molecule has 0 bridgehead atoms. The van der Waals surface area contributed by atoms with Gasteiger partial charge < -0.3 is 5.32 Å². The summed E-state index contributed by atoms with van der Waals surface area (Å²) in [4.78, 5) is 13.1. The van der Waals surface area contributed by atoms with Crippen LogP contribution in [0.2, 0.25) is 0 Å². The monoisotopic (exact) mass is 273 g/mol. The van der Waals surface area contributed by atoms with Gasteiger partial charge in [-0.15, -0.1) is 23.1 Å². The third kappa shape index (κ3) is 3.71. The summed E-state index contributed by atoms with van der Waals surface area (Å²) in [5.74, 6) is 3.47. The maximum absolute atomic E-state index is 11.8. The summed E-state index contributed by atoms with van der Waals surface area (Å²) in [6, 6.07) is 4.16. The van der Waals surface area contributed by atoms with Crippen molar-refractivity contribution in [3.8, 4) is 0 Å². The van der Waals surface area contributed by atoms with E-state index in [9.17, 15) is 4.79 Å². The van der Waals surface area contributed by atoms with Crippen molar-refractivity contribution in [2.45, 2.75) is 11.7 Å². The zero-order chi connectivity index (χ0) is 11.2. The summed E-state index contributed by atoms with van der Waals surface area (Å²) >= 11 is 5.42. The quantitative estimate of drug-likeness (QED) is 0.912. The molecule has 0 radical (unpaired) electrons. The number of nitrogens with one attached hydrogen (secondary N) is 1. The Hall–Kier alpha value is -0.130. The number of thioether (sulfide) groups is 2. The van der Waals surface area contributed by atoms with Crippen molar-refractivity contribution in [3.63, 3.8) is 0 Å². The molecule has 0 aliphatic carbocycles. The maximum Gasteiger partial charge on any atom is 0.233 e. The summed E-state index contributed by atoms with van der Waals surface area (Å²) in [6.07, 6.45) is 0.952. The van der Waals surface area contributed by atoms with E-state index in [2.05, 4.69) is 22.8 Å². The lowest BCUT2D eigenvalue weighted by Gasteiger charge is -2.19. The maximum atomic E-state index is 11.8. The van der Waals surface area contributed by atoms with Gasteiger partial charge in [0.05, 0.1) is 5.25 Å². The van der Waals surface area contributed by atoms with Crippen LogP contribution in [0.1, 0.15) is 4.88 Å². The molecule has 1 aromatic rings. The molecule has 2 heterocycles. The SMILES string of the molecule is O=C(NCCc1cccs1)C1CSCCS1. The lowest BCUT2D eigenvalue weighted by molar-refractivity contribution is -0.120. The molecule has 1 amide bonds. The molecular formula is C11H15NOS3. The first-order valence-corrected chi connectivity index (χ1v) is 8.44. The first-order chi connectivity index (χ1) is 7.86. The smallest absolute Gasteiger partial charge is 0.233 e. The zero-order valence-corrected chi connectivity index (χ0v) is 11.4. The van der Waals surface area contributed by atoms with Gasteiger partial charge in [0.25, 0.3) is 0 Å². The standard InChI is InChI=1S/C11H15NOS3/c13-11(10-8-14-6-7-16-10)12-4-3-9-2-1-5-15-9/h1-2,5,10H,3-4,6-8H2,(H,12,13). The van der Waals surface area contributed by atoms with Gasteiger partial charge in [0.1, 0.15) is 0 Å². The van der Waals surface area contributed by atoms with Crippen molar-refractivity contribution in [3.05, 3.63) is 22.4 Å². The molecule has 1 N–H and O–H groups in total. The van der Waals surface area contributed by atoms with E-state index in [4.69, 9.17) is 0 Å². The molecule has 0 spiro atoms. The first-order valence-electron chi connectivity index (χ1n) is 5.36. The highest BCUT2D eigenvalue weighted by Crippen LogP contribution is 2.23. The molecule has 2 nitrogen and oxygen atoms in total. The summed E-state index contributed by atoms with van der Waals surface area (Å²) in [5, 5.41) is 5.27. The first kappa shape index (κ1) is 12.3. The van der Waals surface area contributed by atoms with Gasteiger partial charge in [-0.25, -0.2) is 0 Å². The number of hydrogen-bond acceptors (Lipinski definition) is 4. The molecule has 1 fully saturated rings. The number of hydrogen-bond donors (Lipinski definition) is 1. The number of carbonyl (C=O) groups is 1. The fraction of sp³-hybridized carbons (Fsp3) is 0.545. The average Bonchev–Trinajstić information content (AvgIpc) is 2.83. The zero-order valence-electron chi connectivity index (χ0n) is 8.98. The van der Waals surface area contributed by atoms with Crippen molar-refractivity contribution >= 4 is 40.8 Å². The number of carbonyl (C=O) groups excluding carboxylic acids is 1. The third-order valence-corrected chi connectivity index (χ3v) is 6.05. The molecule has 1 atom stereocenters. The minimum Gasteiger partial charge on any atom is -0.355 e. The van der Waals surface area contributed by atoms with E-state index in [0.717, 1.165) is 24.5 Å². The molecule has 1 saturated heterocycles. The molecule has 1 aromatic heterocycles. The molecule has 1 aliphatic rings.